The van der Waals surface area contributed by atoms with Gasteiger partial charge in [-0.2, -0.15) is 0 Å². The third kappa shape index (κ3) is 5.72. The molecule has 0 aromatic heterocycles. The Morgan fingerprint density at radius 3 is 2.53 bits per heavy atom. The van der Waals surface area contributed by atoms with Gasteiger partial charge in [0.05, 0.1) is 49.9 Å². The summed E-state index contributed by atoms with van der Waals surface area (Å²) in [5.41, 5.74) is 9.50. The minimum absolute atomic E-state index is 0.0358. The second-order valence-corrected chi connectivity index (χ2v) is 7.09. The average molecular weight is 447 g/mol. The van der Waals surface area contributed by atoms with Crippen LogP contribution in [0, 0.1) is 4.91 Å². The van der Waals surface area contributed by atoms with E-state index in [0.717, 1.165) is 5.57 Å². The molecule has 0 heterocycles. The van der Waals surface area contributed by atoms with Crippen molar-refractivity contribution in [1.29, 1.82) is 0 Å². The molecule has 0 fully saturated rings. The van der Waals surface area contributed by atoms with Crippen LogP contribution in [0.3, 0.4) is 0 Å². The Morgan fingerprint density at radius 1 is 1.22 bits per heavy atom. The first-order valence-corrected chi connectivity index (χ1v) is 9.97. The van der Waals surface area contributed by atoms with E-state index in [0.29, 0.717) is 39.9 Å². The van der Waals surface area contributed by atoms with Crippen LogP contribution in [0.2, 0.25) is 0 Å². The molecular weight excluding hydrogens is 418 g/mol. The highest BCUT2D eigenvalue weighted by atomic mass is 16.6. The van der Waals surface area contributed by atoms with E-state index in [9.17, 15) is 14.9 Å². The molecule has 32 heavy (non-hydrogen) atoms. The number of hydrogen-bond donors (Lipinski definition) is 3. The smallest absolute Gasteiger partial charge is 0.319 e. The molecule has 2 aromatic rings. The van der Waals surface area contributed by atoms with Crippen molar-refractivity contribution in [3.8, 4) is 11.5 Å². The summed E-state index contributed by atoms with van der Waals surface area (Å²) < 4.78 is 22.2. The first-order chi connectivity index (χ1) is 15.4. The van der Waals surface area contributed by atoms with E-state index in [4.69, 9.17) is 24.7 Å². The number of hydrogen-bond acceptors (Lipinski definition) is 10. The zero-order valence-corrected chi connectivity index (χ0v) is 18.6. The number of esters is 1. The number of carbonyl (C=O) groups excluding carboxylic acids is 1. The van der Waals surface area contributed by atoms with Gasteiger partial charge in [0.15, 0.2) is 0 Å². The third-order valence-electron chi connectivity index (χ3n) is 4.77. The fourth-order valence-corrected chi connectivity index (χ4v) is 3.32. The lowest BCUT2D eigenvalue weighted by molar-refractivity contribution is -0.144. The number of carbonyl (C=O) groups is 1. The Bertz CT molecular complexity index is 987. The van der Waals surface area contributed by atoms with Gasteiger partial charge < -0.3 is 24.7 Å². The SMILES string of the molecule is COc1cc(C(CC=C(C)C)OCCOC(=O)CN)c(OC)c2c(N=O)ccc(NO)c12. The maximum absolute atomic E-state index is 11.6. The van der Waals surface area contributed by atoms with Crippen molar-refractivity contribution >= 4 is 28.1 Å². The zero-order valence-electron chi connectivity index (χ0n) is 18.6. The summed E-state index contributed by atoms with van der Waals surface area (Å²) >= 11 is 0. The van der Waals surface area contributed by atoms with E-state index >= 15 is 0 Å². The maximum Gasteiger partial charge on any atom is 0.319 e. The molecule has 10 heteroatoms. The average Bonchev–Trinajstić information content (AvgIpc) is 2.81. The summed E-state index contributed by atoms with van der Waals surface area (Å²) in [5, 5.41) is 13.5. The van der Waals surface area contributed by atoms with E-state index in [-0.39, 0.29) is 25.4 Å². The van der Waals surface area contributed by atoms with Crippen molar-refractivity contribution < 1.29 is 28.9 Å². The molecule has 0 aliphatic rings. The predicted octanol–water partition coefficient (Wildman–Crippen LogP) is 3.97. The van der Waals surface area contributed by atoms with E-state index in [2.05, 4.69) is 10.7 Å². The molecule has 10 nitrogen and oxygen atoms in total. The maximum atomic E-state index is 11.6. The number of fused-ring (bicyclic) bond motifs is 1. The molecule has 0 aliphatic carbocycles. The number of nitroso groups, excluding NO2 is 1. The molecule has 2 rings (SSSR count). The Labute approximate surface area is 186 Å². The van der Waals surface area contributed by atoms with Gasteiger partial charge >= 0.3 is 5.97 Å². The van der Waals surface area contributed by atoms with Crippen LogP contribution in [0.4, 0.5) is 11.4 Å². The van der Waals surface area contributed by atoms with Gasteiger partial charge in [-0.3, -0.25) is 15.5 Å². The second kappa shape index (κ2) is 12.0. The molecular formula is C22H29N3O7. The van der Waals surface area contributed by atoms with Gasteiger partial charge in [0.25, 0.3) is 0 Å². The topological polar surface area (TPSA) is 142 Å². The van der Waals surface area contributed by atoms with Gasteiger partial charge in [0.2, 0.25) is 0 Å². The Balaban J connectivity index is 2.63. The van der Waals surface area contributed by atoms with Crippen molar-refractivity contribution in [2.24, 2.45) is 10.9 Å². The molecule has 2 aromatic carbocycles. The highest BCUT2D eigenvalue weighted by Crippen LogP contribution is 2.48. The van der Waals surface area contributed by atoms with Gasteiger partial charge in [0.1, 0.15) is 23.8 Å². The summed E-state index contributed by atoms with van der Waals surface area (Å²) in [6.45, 7) is 3.87. The largest absolute Gasteiger partial charge is 0.496 e. The highest BCUT2D eigenvalue weighted by molar-refractivity contribution is 6.08. The Kier molecular flexibility index (Phi) is 9.39. The summed E-state index contributed by atoms with van der Waals surface area (Å²) in [7, 11) is 2.95. The number of anilines is 1. The molecule has 4 N–H and O–H groups in total. The molecule has 1 unspecified atom stereocenters. The molecule has 1 atom stereocenters. The van der Waals surface area contributed by atoms with Crippen LogP contribution in [0.1, 0.15) is 31.9 Å². The molecule has 0 bridgehead atoms. The number of benzene rings is 2. The normalized spacial score (nSPS) is 11.6. The van der Waals surface area contributed by atoms with E-state index in [1.54, 1.807) is 6.07 Å². The fourth-order valence-electron chi connectivity index (χ4n) is 3.32. The monoisotopic (exact) mass is 447 g/mol. The number of nitrogens with zero attached hydrogens (tertiary/aromatic N) is 1. The number of methoxy groups -OCH3 is 2. The summed E-state index contributed by atoms with van der Waals surface area (Å²) in [6.07, 6.45) is 1.97. The minimum Gasteiger partial charge on any atom is -0.496 e. The van der Waals surface area contributed by atoms with Crippen molar-refractivity contribution in [1.82, 2.24) is 0 Å². The van der Waals surface area contributed by atoms with Gasteiger partial charge in [-0.15, -0.1) is 4.91 Å². The van der Waals surface area contributed by atoms with Gasteiger partial charge in [0, 0.05) is 5.56 Å². The van der Waals surface area contributed by atoms with Gasteiger partial charge in [-0.05, 0) is 43.6 Å². The Hall–Kier alpha value is -3.21. The molecule has 0 amide bonds. The van der Waals surface area contributed by atoms with Crippen LogP contribution in [0.5, 0.6) is 11.5 Å². The van der Waals surface area contributed by atoms with E-state index < -0.39 is 12.1 Å². The number of nitrogens with two attached hydrogens (primary N) is 1. The summed E-state index contributed by atoms with van der Waals surface area (Å²) in [6, 6.07) is 4.72. The number of ether oxygens (including phenoxy) is 4. The molecule has 0 saturated heterocycles. The standard InChI is InChI=1S/C22H29N3O7/c1-13(2)5-8-17(31-9-10-32-19(26)12-23)14-11-18(29-3)20-15(24-27)6-7-16(25-28)21(20)22(14)30-4/h5-7,11,17,24,27H,8-10,12,23H2,1-4H3. The fraction of sp³-hybridized carbons (Fsp3) is 0.409. The first kappa shape index (κ1) is 25.1. The zero-order chi connectivity index (χ0) is 23.7. The molecule has 0 radical (unpaired) electrons. The van der Waals surface area contributed by atoms with Crippen LogP contribution in [0.15, 0.2) is 35.0 Å². The molecule has 174 valence electrons. The highest BCUT2D eigenvalue weighted by Gasteiger charge is 2.25. The van der Waals surface area contributed by atoms with Crippen LogP contribution < -0.4 is 20.7 Å². The van der Waals surface area contributed by atoms with E-state index in [1.807, 2.05) is 19.9 Å². The minimum atomic E-state index is -0.523. The van der Waals surface area contributed by atoms with Crippen LogP contribution in [0.25, 0.3) is 10.8 Å². The summed E-state index contributed by atoms with van der Waals surface area (Å²) in [5.74, 6) is 0.224. The third-order valence-corrected chi connectivity index (χ3v) is 4.77. The van der Waals surface area contributed by atoms with Crippen LogP contribution >= 0.6 is 0 Å². The van der Waals surface area contributed by atoms with Crippen molar-refractivity contribution in [2.45, 2.75) is 26.4 Å². The van der Waals surface area contributed by atoms with Crippen LogP contribution in [-0.4, -0.2) is 45.2 Å². The van der Waals surface area contributed by atoms with Crippen molar-refractivity contribution in [3.05, 3.63) is 40.3 Å². The van der Waals surface area contributed by atoms with Gasteiger partial charge in [-0.25, -0.2) is 0 Å². The first-order valence-electron chi connectivity index (χ1n) is 9.97. The summed E-state index contributed by atoms with van der Waals surface area (Å²) in [4.78, 5) is 22.8. The quantitative estimate of drug-likeness (QED) is 0.145. The second-order valence-electron chi connectivity index (χ2n) is 7.09. The molecule has 0 aliphatic heterocycles. The number of nitrogens with one attached hydrogen (secondary N) is 1. The number of rotatable bonds is 12. The van der Waals surface area contributed by atoms with Crippen LogP contribution in [-0.2, 0) is 14.3 Å². The lowest BCUT2D eigenvalue weighted by atomic mass is 9.96. The number of allylic oxidation sites excluding steroid dienone is 1. The van der Waals surface area contributed by atoms with Gasteiger partial charge in [-0.1, -0.05) is 11.6 Å². The van der Waals surface area contributed by atoms with E-state index in [1.165, 1.54) is 26.4 Å². The molecule has 0 saturated carbocycles. The lowest BCUT2D eigenvalue weighted by Crippen LogP contribution is -2.19. The Morgan fingerprint density at radius 2 is 1.97 bits per heavy atom. The predicted molar refractivity (Wildman–Crippen MR) is 121 cm³/mol. The molecule has 0 spiro atoms. The lowest BCUT2D eigenvalue weighted by Gasteiger charge is -2.23. The van der Waals surface area contributed by atoms with Crippen molar-refractivity contribution in [3.63, 3.8) is 0 Å². The van der Waals surface area contributed by atoms with Crippen molar-refractivity contribution in [2.75, 3.05) is 39.5 Å².